The highest BCUT2D eigenvalue weighted by atomic mass is 32.2. The van der Waals surface area contributed by atoms with E-state index in [-0.39, 0.29) is 36.6 Å². The third-order valence-corrected chi connectivity index (χ3v) is 6.05. The highest BCUT2D eigenvalue weighted by molar-refractivity contribution is 7.90. The minimum Gasteiger partial charge on any atom is -0.481 e. The van der Waals surface area contributed by atoms with Crippen molar-refractivity contribution in [1.29, 1.82) is 0 Å². The van der Waals surface area contributed by atoms with E-state index in [1.165, 1.54) is 6.26 Å². The van der Waals surface area contributed by atoms with Gasteiger partial charge in [-0.05, 0) is 38.0 Å². The third kappa shape index (κ3) is 5.19. The quantitative estimate of drug-likeness (QED) is 0.725. The average Bonchev–Trinajstić information content (AvgIpc) is 3.07. The first-order valence-electron chi connectivity index (χ1n) is 8.33. The van der Waals surface area contributed by atoms with Crippen LogP contribution in [0.3, 0.4) is 0 Å². The highest BCUT2D eigenvalue weighted by Gasteiger charge is 2.43. The zero-order valence-corrected chi connectivity index (χ0v) is 14.8. The van der Waals surface area contributed by atoms with Crippen LogP contribution >= 0.6 is 0 Å². The Kier molecular flexibility index (Phi) is 5.38. The van der Waals surface area contributed by atoms with E-state index in [4.69, 9.17) is 5.11 Å². The van der Waals surface area contributed by atoms with Crippen molar-refractivity contribution in [3.63, 3.8) is 0 Å². The molecule has 23 heavy (non-hydrogen) atoms. The van der Waals surface area contributed by atoms with Gasteiger partial charge in [0, 0.05) is 24.8 Å². The highest BCUT2D eigenvalue weighted by Crippen LogP contribution is 2.45. The molecule has 0 aromatic carbocycles. The predicted molar refractivity (Wildman–Crippen MR) is 86.8 cm³/mol. The van der Waals surface area contributed by atoms with E-state index in [0.717, 1.165) is 38.5 Å². The molecule has 0 heterocycles. The van der Waals surface area contributed by atoms with E-state index in [1.807, 2.05) is 0 Å². The van der Waals surface area contributed by atoms with Crippen LogP contribution in [0.15, 0.2) is 0 Å². The SMILES string of the molecule is CC(CS(C)(=O)=O)N(C(=O)CC1(CC(=O)O)CCCC1)C1CC1. The summed E-state index contributed by atoms with van der Waals surface area (Å²) < 4.78 is 23.1. The van der Waals surface area contributed by atoms with Crippen LogP contribution in [-0.2, 0) is 19.4 Å². The Hall–Kier alpha value is -1.11. The van der Waals surface area contributed by atoms with Gasteiger partial charge in [0.25, 0.3) is 0 Å². The lowest BCUT2D eigenvalue weighted by Gasteiger charge is -2.34. The third-order valence-electron chi connectivity index (χ3n) is 4.96. The van der Waals surface area contributed by atoms with Crippen LogP contribution in [0.25, 0.3) is 0 Å². The molecule has 0 aliphatic heterocycles. The van der Waals surface area contributed by atoms with Crippen LogP contribution < -0.4 is 0 Å². The number of carbonyl (C=O) groups excluding carboxylic acids is 1. The maximum atomic E-state index is 12.8. The minimum atomic E-state index is -3.16. The van der Waals surface area contributed by atoms with Gasteiger partial charge in [-0.3, -0.25) is 9.59 Å². The maximum Gasteiger partial charge on any atom is 0.303 e. The largest absolute Gasteiger partial charge is 0.481 e. The summed E-state index contributed by atoms with van der Waals surface area (Å²) in [6.07, 6.45) is 6.71. The molecule has 1 unspecified atom stereocenters. The molecule has 0 spiro atoms. The van der Waals surface area contributed by atoms with Crippen LogP contribution in [0, 0.1) is 5.41 Å². The number of hydrogen-bond acceptors (Lipinski definition) is 4. The molecule has 6 nitrogen and oxygen atoms in total. The molecule has 2 fully saturated rings. The fraction of sp³-hybridized carbons (Fsp3) is 0.875. The van der Waals surface area contributed by atoms with Crippen LogP contribution in [0.4, 0.5) is 0 Å². The number of rotatable bonds is 8. The number of carboxylic acid groups (broad SMARTS) is 1. The topological polar surface area (TPSA) is 91.8 Å². The van der Waals surface area contributed by atoms with Crippen LogP contribution in [0.1, 0.15) is 58.3 Å². The second kappa shape index (κ2) is 6.79. The van der Waals surface area contributed by atoms with E-state index in [0.29, 0.717) is 0 Å². The summed E-state index contributed by atoms with van der Waals surface area (Å²) in [5.41, 5.74) is -0.444. The molecule has 0 radical (unpaired) electrons. The molecule has 1 N–H and O–H groups in total. The summed E-state index contributed by atoms with van der Waals surface area (Å²) in [5, 5.41) is 9.17. The van der Waals surface area contributed by atoms with Crippen molar-refractivity contribution in [2.45, 2.75) is 70.4 Å². The normalized spacial score (nSPS) is 21.8. The number of carboxylic acids is 1. The molecular formula is C16H27NO5S. The summed E-state index contributed by atoms with van der Waals surface area (Å²) in [6, 6.07) is -0.226. The van der Waals surface area contributed by atoms with Crippen molar-refractivity contribution in [2.24, 2.45) is 5.41 Å². The van der Waals surface area contributed by atoms with Gasteiger partial charge >= 0.3 is 5.97 Å². The number of sulfone groups is 1. The van der Waals surface area contributed by atoms with Crippen molar-refractivity contribution >= 4 is 21.7 Å². The molecule has 2 rings (SSSR count). The molecule has 1 amide bonds. The first-order chi connectivity index (χ1) is 10.6. The van der Waals surface area contributed by atoms with E-state index in [2.05, 4.69) is 0 Å². The van der Waals surface area contributed by atoms with Gasteiger partial charge in [0.05, 0.1) is 12.2 Å². The second-order valence-electron chi connectivity index (χ2n) is 7.43. The number of aliphatic carboxylic acids is 1. The van der Waals surface area contributed by atoms with Gasteiger partial charge in [-0.2, -0.15) is 0 Å². The van der Waals surface area contributed by atoms with Crippen molar-refractivity contribution < 1.29 is 23.1 Å². The van der Waals surface area contributed by atoms with Gasteiger partial charge in [0.2, 0.25) is 5.91 Å². The lowest BCUT2D eigenvalue weighted by atomic mass is 9.79. The van der Waals surface area contributed by atoms with Crippen molar-refractivity contribution in [1.82, 2.24) is 4.90 Å². The molecule has 2 aliphatic carbocycles. The fourth-order valence-corrected chi connectivity index (χ4v) is 4.99. The Balaban J connectivity index is 2.09. The Morgan fingerprint density at radius 2 is 1.78 bits per heavy atom. The van der Waals surface area contributed by atoms with E-state index in [9.17, 15) is 18.0 Å². The number of hydrogen-bond donors (Lipinski definition) is 1. The first kappa shape index (κ1) is 18.2. The van der Waals surface area contributed by atoms with Crippen LogP contribution in [-0.4, -0.2) is 54.4 Å². The van der Waals surface area contributed by atoms with Crippen LogP contribution in [0.2, 0.25) is 0 Å². The summed E-state index contributed by atoms with van der Waals surface area (Å²) in [7, 11) is -3.16. The zero-order chi connectivity index (χ0) is 17.3. The molecule has 0 saturated heterocycles. The van der Waals surface area contributed by atoms with Crippen molar-refractivity contribution in [3.8, 4) is 0 Å². The molecule has 0 aromatic rings. The fourth-order valence-electron chi connectivity index (χ4n) is 3.95. The Morgan fingerprint density at radius 1 is 1.22 bits per heavy atom. The molecular weight excluding hydrogens is 318 g/mol. The van der Waals surface area contributed by atoms with E-state index in [1.54, 1.807) is 11.8 Å². The lowest BCUT2D eigenvalue weighted by Crippen LogP contribution is -2.45. The molecule has 132 valence electrons. The van der Waals surface area contributed by atoms with Gasteiger partial charge in [0.1, 0.15) is 9.84 Å². The lowest BCUT2D eigenvalue weighted by molar-refractivity contribution is -0.142. The summed E-state index contributed by atoms with van der Waals surface area (Å²) >= 11 is 0. The Labute approximate surface area is 138 Å². The standard InChI is InChI=1S/C16H27NO5S/c1-12(11-23(2,21)22)17(13-5-6-13)14(18)9-16(10-15(19)20)7-3-4-8-16/h12-13H,3-11H2,1-2H3,(H,19,20). The first-order valence-corrected chi connectivity index (χ1v) is 10.4. The van der Waals surface area contributed by atoms with Gasteiger partial charge < -0.3 is 10.0 Å². The molecule has 2 saturated carbocycles. The molecule has 1 atom stereocenters. The maximum absolute atomic E-state index is 12.8. The number of nitrogens with zero attached hydrogens (tertiary/aromatic N) is 1. The summed E-state index contributed by atoms with van der Waals surface area (Å²) in [4.78, 5) is 25.7. The van der Waals surface area contributed by atoms with Gasteiger partial charge in [-0.25, -0.2) is 8.42 Å². The number of carbonyl (C=O) groups is 2. The number of amides is 1. The second-order valence-corrected chi connectivity index (χ2v) is 9.61. The zero-order valence-electron chi connectivity index (χ0n) is 14.0. The molecule has 0 bridgehead atoms. The van der Waals surface area contributed by atoms with Crippen molar-refractivity contribution in [3.05, 3.63) is 0 Å². The smallest absolute Gasteiger partial charge is 0.303 e. The van der Waals surface area contributed by atoms with E-state index < -0.39 is 21.2 Å². The summed E-state index contributed by atoms with van der Waals surface area (Å²) in [6.45, 7) is 1.77. The van der Waals surface area contributed by atoms with Crippen molar-refractivity contribution in [2.75, 3.05) is 12.0 Å². The van der Waals surface area contributed by atoms with Gasteiger partial charge in [-0.15, -0.1) is 0 Å². The molecule has 2 aliphatic rings. The molecule has 0 aromatic heterocycles. The van der Waals surface area contributed by atoms with E-state index >= 15 is 0 Å². The monoisotopic (exact) mass is 345 g/mol. The van der Waals surface area contributed by atoms with Crippen LogP contribution in [0.5, 0.6) is 0 Å². The summed E-state index contributed by atoms with van der Waals surface area (Å²) in [5.74, 6) is -0.977. The minimum absolute atomic E-state index is 0.0255. The van der Waals surface area contributed by atoms with Gasteiger partial charge in [0.15, 0.2) is 0 Å². The average molecular weight is 345 g/mol. The van der Waals surface area contributed by atoms with Gasteiger partial charge in [-0.1, -0.05) is 12.8 Å². The predicted octanol–water partition coefficient (Wildman–Crippen LogP) is 1.84. The Bertz CT molecular complexity index is 561. The Morgan fingerprint density at radius 3 is 2.22 bits per heavy atom. The molecule has 7 heteroatoms.